The standard InChI is InChI=1S/C22H22FN5O4S/c23-19-6-9-21(10-7-19)27-11-13-28(14-12-27)33(30,31)15-20(25-29)8-3-17-1-4-18(5-2-17)22-24-16-32-26-22/h1-2,4-7,9-10,16,20,25,29H,11-15H2. The van der Waals surface area contributed by atoms with Crippen LogP contribution in [0.15, 0.2) is 59.4 Å². The van der Waals surface area contributed by atoms with Crippen molar-refractivity contribution in [1.82, 2.24) is 19.9 Å². The Hall–Kier alpha value is -3.30. The van der Waals surface area contributed by atoms with E-state index in [2.05, 4.69) is 22.0 Å². The molecular formula is C22H22FN5O4S. The predicted octanol–water partition coefficient (Wildman–Crippen LogP) is 1.73. The van der Waals surface area contributed by atoms with Gasteiger partial charge in [0.1, 0.15) is 11.9 Å². The van der Waals surface area contributed by atoms with E-state index in [0.29, 0.717) is 37.6 Å². The molecule has 2 N–H and O–H groups in total. The second-order valence-electron chi connectivity index (χ2n) is 7.42. The Morgan fingerprint density at radius 1 is 1.09 bits per heavy atom. The lowest BCUT2D eigenvalue weighted by Crippen LogP contribution is -2.51. The van der Waals surface area contributed by atoms with Crippen molar-refractivity contribution in [3.63, 3.8) is 0 Å². The van der Waals surface area contributed by atoms with Gasteiger partial charge in [-0.2, -0.15) is 14.8 Å². The first-order valence-electron chi connectivity index (χ1n) is 10.2. The molecule has 1 atom stereocenters. The highest BCUT2D eigenvalue weighted by Crippen LogP contribution is 2.19. The van der Waals surface area contributed by atoms with Gasteiger partial charge in [-0.15, -0.1) is 0 Å². The van der Waals surface area contributed by atoms with Crippen molar-refractivity contribution in [1.29, 1.82) is 0 Å². The van der Waals surface area contributed by atoms with Crippen molar-refractivity contribution in [2.75, 3.05) is 36.8 Å². The number of piperazine rings is 1. The van der Waals surface area contributed by atoms with Crippen molar-refractivity contribution in [3.05, 3.63) is 66.3 Å². The highest BCUT2D eigenvalue weighted by Gasteiger charge is 2.29. The number of hydroxylamine groups is 1. The largest absolute Gasteiger partial charge is 0.369 e. The van der Waals surface area contributed by atoms with Crippen molar-refractivity contribution in [2.24, 2.45) is 0 Å². The van der Waals surface area contributed by atoms with Gasteiger partial charge in [0.15, 0.2) is 0 Å². The van der Waals surface area contributed by atoms with Crippen LogP contribution >= 0.6 is 0 Å². The number of anilines is 1. The van der Waals surface area contributed by atoms with E-state index in [4.69, 9.17) is 4.52 Å². The van der Waals surface area contributed by atoms with Gasteiger partial charge in [0.05, 0.1) is 5.75 Å². The Bertz CT molecular complexity index is 1210. The van der Waals surface area contributed by atoms with E-state index in [1.165, 1.54) is 22.8 Å². The van der Waals surface area contributed by atoms with E-state index < -0.39 is 16.1 Å². The first-order chi connectivity index (χ1) is 15.9. The fourth-order valence-electron chi connectivity index (χ4n) is 3.47. The molecule has 9 nitrogen and oxygen atoms in total. The number of sulfonamides is 1. The third-order valence-electron chi connectivity index (χ3n) is 5.25. The predicted molar refractivity (Wildman–Crippen MR) is 119 cm³/mol. The molecule has 1 saturated heterocycles. The van der Waals surface area contributed by atoms with Crippen LogP contribution in [0, 0.1) is 17.7 Å². The molecule has 0 spiro atoms. The highest BCUT2D eigenvalue weighted by atomic mass is 32.2. The lowest BCUT2D eigenvalue weighted by molar-refractivity contribution is 0.153. The van der Waals surface area contributed by atoms with Gasteiger partial charge in [0.2, 0.25) is 22.2 Å². The normalized spacial score (nSPS) is 15.6. The van der Waals surface area contributed by atoms with Gasteiger partial charge < -0.3 is 14.6 Å². The van der Waals surface area contributed by atoms with Gasteiger partial charge in [-0.25, -0.2) is 12.8 Å². The minimum absolute atomic E-state index is 0.294. The second-order valence-corrected chi connectivity index (χ2v) is 9.44. The minimum Gasteiger partial charge on any atom is -0.369 e. The summed E-state index contributed by atoms with van der Waals surface area (Å²) in [6, 6.07) is 12.2. The van der Waals surface area contributed by atoms with Crippen LogP contribution in [0.2, 0.25) is 0 Å². The van der Waals surface area contributed by atoms with E-state index >= 15 is 0 Å². The number of halogens is 1. The Balaban J connectivity index is 1.35. The van der Waals surface area contributed by atoms with Crippen molar-refractivity contribution in [3.8, 4) is 23.2 Å². The zero-order chi connectivity index (χ0) is 23.3. The third kappa shape index (κ3) is 5.74. The molecule has 3 aromatic rings. The molecule has 2 heterocycles. The van der Waals surface area contributed by atoms with Gasteiger partial charge in [-0.1, -0.05) is 17.0 Å². The molecule has 11 heteroatoms. The Morgan fingerprint density at radius 2 is 1.79 bits per heavy atom. The SMILES string of the molecule is O=S(=O)(CC(C#Cc1ccc(-c2ncon2)cc1)NO)N1CCN(c2ccc(F)cc2)CC1. The summed E-state index contributed by atoms with van der Waals surface area (Å²) in [6.07, 6.45) is 1.24. The molecule has 0 amide bonds. The molecule has 1 aliphatic rings. The Morgan fingerprint density at radius 3 is 2.39 bits per heavy atom. The van der Waals surface area contributed by atoms with Crippen molar-refractivity contribution < 1.29 is 22.5 Å². The summed E-state index contributed by atoms with van der Waals surface area (Å²) in [4.78, 5) is 5.97. The van der Waals surface area contributed by atoms with Crippen LogP contribution in [0.25, 0.3) is 11.4 Å². The average molecular weight is 472 g/mol. The zero-order valence-corrected chi connectivity index (χ0v) is 18.4. The maximum absolute atomic E-state index is 13.1. The fourth-order valence-corrected chi connectivity index (χ4v) is 4.98. The molecule has 1 aromatic heterocycles. The highest BCUT2D eigenvalue weighted by molar-refractivity contribution is 7.89. The van der Waals surface area contributed by atoms with Gasteiger partial charge in [-0.3, -0.25) is 0 Å². The maximum Gasteiger partial charge on any atom is 0.216 e. The number of rotatable bonds is 6. The number of hydrogen-bond donors (Lipinski definition) is 2. The molecule has 0 bridgehead atoms. The van der Waals surface area contributed by atoms with Crippen LogP contribution < -0.4 is 10.4 Å². The molecular weight excluding hydrogens is 449 g/mol. The molecule has 172 valence electrons. The smallest absolute Gasteiger partial charge is 0.216 e. The minimum atomic E-state index is -3.65. The molecule has 33 heavy (non-hydrogen) atoms. The van der Waals surface area contributed by atoms with Crippen LogP contribution in [-0.4, -0.2) is 66.0 Å². The lowest BCUT2D eigenvalue weighted by atomic mass is 10.1. The number of aromatic nitrogens is 2. The molecule has 0 radical (unpaired) electrons. The summed E-state index contributed by atoms with van der Waals surface area (Å²) in [7, 11) is -3.65. The number of hydrogen-bond acceptors (Lipinski definition) is 8. The summed E-state index contributed by atoms with van der Waals surface area (Å²) in [5.74, 6) is 5.40. The van der Waals surface area contributed by atoms with Crippen LogP contribution in [0.3, 0.4) is 0 Å². The lowest BCUT2D eigenvalue weighted by Gasteiger charge is -2.35. The van der Waals surface area contributed by atoms with Gasteiger partial charge in [0, 0.05) is 43.0 Å². The topological polar surface area (TPSA) is 112 Å². The van der Waals surface area contributed by atoms with E-state index in [1.807, 2.05) is 10.4 Å². The monoisotopic (exact) mass is 471 g/mol. The second kappa shape index (κ2) is 10.1. The van der Waals surface area contributed by atoms with Crippen molar-refractivity contribution >= 4 is 15.7 Å². The van der Waals surface area contributed by atoms with Crippen LogP contribution in [0.5, 0.6) is 0 Å². The van der Waals surface area contributed by atoms with Crippen LogP contribution in [0.1, 0.15) is 5.56 Å². The van der Waals surface area contributed by atoms with E-state index in [9.17, 15) is 18.0 Å². The molecule has 0 aliphatic carbocycles. The summed E-state index contributed by atoms with van der Waals surface area (Å²) in [5, 5.41) is 13.2. The van der Waals surface area contributed by atoms with Crippen LogP contribution in [-0.2, 0) is 10.0 Å². The molecule has 0 saturated carbocycles. The molecule has 4 rings (SSSR count). The Kier molecular flexibility index (Phi) is 7.00. The fraction of sp³-hybridized carbons (Fsp3) is 0.273. The summed E-state index contributed by atoms with van der Waals surface area (Å²) >= 11 is 0. The summed E-state index contributed by atoms with van der Waals surface area (Å²) < 4.78 is 44.9. The zero-order valence-electron chi connectivity index (χ0n) is 17.6. The maximum atomic E-state index is 13.1. The number of nitrogens with zero attached hydrogens (tertiary/aromatic N) is 4. The average Bonchev–Trinajstić information content (AvgIpc) is 3.38. The third-order valence-corrected chi connectivity index (χ3v) is 7.16. The molecule has 1 aliphatic heterocycles. The van der Waals surface area contributed by atoms with Gasteiger partial charge in [-0.05, 0) is 48.5 Å². The Labute approximate surface area is 190 Å². The van der Waals surface area contributed by atoms with Crippen LogP contribution in [0.4, 0.5) is 10.1 Å². The van der Waals surface area contributed by atoms with E-state index in [1.54, 1.807) is 36.4 Å². The quantitative estimate of drug-likeness (QED) is 0.413. The first kappa shape index (κ1) is 22.9. The van der Waals surface area contributed by atoms with Crippen molar-refractivity contribution in [2.45, 2.75) is 6.04 Å². The van der Waals surface area contributed by atoms with E-state index in [-0.39, 0.29) is 11.6 Å². The summed E-state index contributed by atoms with van der Waals surface area (Å²) in [6.45, 7) is 1.56. The van der Waals surface area contributed by atoms with Gasteiger partial charge in [0.25, 0.3) is 0 Å². The number of nitrogens with one attached hydrogen (secondary N) is 1. The molecule has 1 unspecified atom stereocenters. The molecule has 1 fully saturated rings. The van der Waals surface area contributed by atoms with E-state index in [0.717, 1.165) is 11.3 Å². The summed E-state index contributed by atoms with van der Waals surface area (Å²) in [5.41, 5.74) is 4.23. The van der Waals surface area contributed by atoms with Gasteiger partial charge >= 0.3 is 0 Å². The number of benzene rings is 2. The molecule has 2 aromatic carbocycles. The first-order valence-corrected chi connectivity index (χ1v) is 11.8.